The Kier molecular flexibility index (Phi) is 5.74. The van der Waals surface area contributed by atoms with Crippen LogP contribution in [0.3, 0.4) is 0 Å². The Balaban J connectivity index is 1.22. The summed E-state index contributed by atoms with van der Waals surface area (Å²) >= 11 is 1.38. The van der Waals surface area contributed by atoms with E-state index in [-0.39, 0.29) is 16.7 Å². The molecule has 0 saturated heterocycles. The van der Waals surface area contributed by atoms with Gasteiger partial charge in [0.2, 0.25) is 5.89 Å². The van der Waals surface area contributed by atoms with E-state index in [2.05, 4.69) is 30.7 Å². The molecule has 2 aromatic rings. The number of aromatic nitrogens is 2. The zero-order valence-corrected chi connectivity index (χ0v) is 21.9. The molecule has 186 valence electrons. The molecule has 0 aromatic carbocycles. The van der Waals surface area contributed by atoms with Gasteiger partial charge in [-0.3, -0.25) is 9.59 Å². The van der Waals surface area contributed by atoms with E-state index in [9.17, 15) is 9.59 Å². The molecule has 7 unspecified atom stereocenters. The third-order valence-electron chi connectivity index (χ3n) is 10.4. The highest BCUT2D eigenvalue weighted by molar-refractivity contribution is 8.13. The number of thioether (sulfide) groups is 1. The number of carbonyl (C=O) groups is 2. The zero-order valence-electron chi connectivity index (χ0n) is 21.1. The van der Waals surface area contributed by atoms with Crippen LogP contribution in [0.5, 0.6) is 0 Å². The van der Waals surface area contributed by atoms with Gasteiger partial charge < -0.3 is 4.42 Å². The van der Waals surface area contributed by atoms with Gasteiger partial charge >= 0.3 is 0 Å². The third-order valence-corrected chi connectivity index (χ3v) is 11.4. The van der Waals surface area contributed by atoms with Gasteiger partial charge in [-0.25, -0.2) is 4.98 Å². The lowest BCUT2D eigenvalue weighted by Crippen LogP contribution is -2.54. The van der Waals surface area contributed by atoms with Crippen LogP contribution in [0.2, 0.25) is 0 Å². The number of hydrogen-bond acceptors (Lipinski definition) is 6. The first-order valence-corrected chi connectivity index (χ1v) is 14.4. The second-order valence-electron chi connectivity index (χ2n) is 11.9. The Morgan fingerprint density at radius 2 is 2.09 bits per heavy atom. The highest BCUT2D eigenvalue weighted by Crippen LogP contribution is 2.69. The summed E-state index contributed by atoms with van der Waals surface area (Å²) in [5.74, 6) is 4.01. The van der Waals surface area contributed by atoms with Crippen molar-refractivity contribution in [2.24, 2.45) is 40.4 Å². The second-order valence-corrected chi connectivity index (χ2v) is 12.9. The predicted molar refractivity (Wildman–Crippen MR) is 137 cm³/mol. The average molecular weight is 493 g/mol. The maximum Gasteiger partial charge on any atom is 0.207 e. The molecular formula is C29H36N2O3S. The molecule has 0 N–H and O–H groups in total. The molecular weight excluding hydrogens is 456 g/mol. The lowest BCUT2D eigenvalue weighted by atomic mass is 9.43. The normalized spacial score (nSPS) is 38.5. The van der Waals surface area contributed by atoms with Crippen LogP contribution in [-0.4, -0.2) is 20.9 Å². The number of allylic oxidation sites excluding steroid dienone is 1. The van der Waals surface area contributed by atoms with Crippen molar-refractivity contribution in [3.8, 4) is 0 Å². The highest BCUT2D eigenvalue weighted by Gasteiger charge is 2.62. The van der Waals surface area contributed by atoms with Crippen LogP contribution in [0.25, 0.3) is 11.2 Å². The second kappa shape index (κ2) is 8.57. The van der Waals surface area contributed by atoms with E-state index in [1.54, 1.807) is 6.20 Å². The van der Waals surface area contributed by atoms with Crippen molar-refractivity contribution in [1.29, 1.82) is 0 Å². The lowest BCUT2D eigenvalue weighted by molar-refractivity contribution is -0.128. The quantitative estimate of drug-likeness (QED) is 0.469. The molecule has 4 aliphatic rings. The van der Waals surface area contributed by atoms with E-state index < -0.39 is 0 Å². The predicted octanol–water partition coefficient (Wildman–Crippen LogP) is 6.77. The summed E-state index contributed by atoms with van der Waals surface area (Å²) in [6.45, 7) is 7.22. The lowest BCUT2D eigenvalue weighted by Gasteiger charge is -2.61. The number of nitrogens with zero attached hydrogens (tertiary/aromatic N) is 2. The van der Waals surface area contributed by atoms with Gasteiger partial charge in [0, 0.05) is 18.5 Å². The van der Waals surface area contributed by atoms with Crippen molar-refractivity contribution in [2.45, 2.75) is 77.9 Å². The van der Waals surface area contributed by atoms with Gasteiger partial charge in [-0.15, -0.1) is 0 Å². The summed E-state index contributed by atoms with van der Waals surface area (Å²) in [6.07, 6.45) is 12.1. The van der Waals surface area contributed by atoms with Crippen LogP contribution < -0.4 is 0 Å². The van der Waals surface area contributed by atoms with E-state index in [0.717, 1.165) is 38.5 Å². The van der Waals surface area contributed by atoms with E-state index in [1.807, 2.05) is 18.2 Å². The molecule has 0 amide bonds. The van der Waals surface area contributed by atoms with Crippen molar-refractivity contribution in [3.63, 3.8) is 0 Å². The van der Waals surface area contributed by atoms with Gasteiger partial charge in [0.15, 0.2) is 22.1 Å². The van der Waals surface area contributed by atoms with Crippen molar-refractivity contribution in [3.05, 3.63) is 35.9 Å². The fraction of sp³-hybridized carbons (Fsp3) is 0.655. The number of ketones is 1. The summed E-state index contributed by atoms with van der Waals surface area (Å²) in [5, 5.41) is 0.310. The van der Waals surface area contributed by atoms with E-state index in [1.165, 1.54) is 23.8 Å². The molecule has 3 saturated carbocycles. The first-order valence-electron chi connectivity index (χ1n) is 13.4. The van der Waals surface area contributed by atoms with E-state index in [0.29, 0.717) is 63.9 Å². The molecule has 0 spiro atoms. The molecule has 35 heavy (non-hydrogen) atoms. The van der Waals surface area contributed by atoms with Gasteiger partial charge in [-0.1, -0.05) is 44.5 Å². The molecule has 5 nitrogen and oxygen atoms in total. The fourth-order valence-corrected chi connectivity index (χ4v) is 9.83. The Morgan fingerprint density at radius 1 is 1.23 bits per heavy atom. The Labute approximate surface area is 211 Å². The number of fused-ring (bicyclic) bond motifs is 6. The highest BCUT2D eigenvalue weighted by atomic mass is 32.2. The Hall–Kier alpha value is -1.95. The number of pyridine rings is 1. The molecule has 7 atom stereocenters. The minimum atomic E-state index is 0.0663. The topological polar surface area (TPSA) is 73.1 Å². The van der Waals surface area contributed by atoms with Crippen LogP contribution in [0, 0.1) is 40.4 Å². The standard InChI is InChI=1S/C29H36N2O3S/c1-4-17-15-29(3)21(20-8-7-18-14-19(32)11-12-28(18,2)25(17)20)9-10-22(29)27(33)35-16-24-31-26-23(34-24)6-5-13-30-26/h5-6,13-14,17,20-22,25H,4,7-12,15-16H2,1-3H3. The molecule has 3 fully saturated rings. The maximum absolute atomic E-state index is 13.6. The first kappa shape index (κ1) is 23.4. The summed E-state index contributed by atoms with van der Waals surface area (Å²) in [5.41, 5.74) is 2.94. The van der Waals surface area contributed by atoms with Crippen LogP contribution in [0.15, 0.2) is 34.4 Å². The van der Waals surface area contributed by atoms with E-state index in [4.69, 9.17) is 4.42 Å². The Morgan fingerprint density at radius 3 is 2.89 bits per heavy atom. The molecule has 0 bridgehead atoms. The first-order chi connectivity index (χ1) is 16.8. The molecule has 0 aliphatic heterocycles. The van der Waals surface area contributed by atoms with Crippen LogP contribution in [-0.2, 0) is 15.3 Å². The molecule has 0 radical (unpaired) electrons. The van der Waals surface area contributed by atoms with Gasteiger partial charge in [0.1, 0.15) is 0 Å². The number of hydrogen-bond donors (Lipinski definition) is 0. The van der Waals surface area contributed by atoms with Crippen molar-refractivity contribution >= 4 is 33.9 Å². The Bertz CT molecular complexity index is 1170. The number of carbonyl (C=O) groups excluding carboxylic acids is 2. The van der Waals surface area contributed by atoms with Gasteiger partial charge in [0.05, 0.1) is 5.75 Å². The number of rotatable bonds is 4. The van der Waals surface area contributed by atoms with Crippen molar-refractivity contribution < 1.29 is 14.0 Å². The minimum absolute atomic E-state index is 0.0663. The van der Waals surface area contributed by atoms with Crippen LogP contribution in [0.4, 0.5) is 0 Å². The minimum Gasteiger partial charge on any atom is -0.438 e. The number of oxazole rings is 1. The fourth-order valence-electron chi connectivity index (χ4n) is 8.86. The molecule has 6 rings (SSSR count). The maximum atomic E-state index is 13.6. The molecule has 2 heterocycles. The monoisotopic (exact) mass is 492 g/mol. The van der Waals surface area contributed by atoms with Gasteiger partial charge in [-0.05, 0) is 91.2 Å². The van der Waals surface area contributed by atoms with Gasteiger partial charge in [0.25, 0.3) is 0 Å². The van der Waals surface area contributed by atoms with Crippen LogP contribution >= 0.6 is 11.8 Å². The average Bonchev–Trinajstić information content (AvgIpc) is 3.42. The van der Waals surface area contributed by atoms with Gasteiger partial charge in [-0.2, -0.15) is 4.98 Å². The van der Waals surface area contributed by atoms with Crippen molar-refractivity contribution in [1.82, 2.24) is 9.97 Å². The molecule has 6 heteroatoms. The summed E-state index contributed by atoms with van der Waals surface area (Å²) in [7, 11) is 0. The van der Waals surface area contributed by atoms with E-state index >= 15 is 0 Å². The molecule has 4 aliphatic carbocycles. The SMILES string of the molecule is CCC1CC2(C)C(C(=O)SCc3nc4ncccc4o3)CCC2C2CCC3=CC(=O)CCC3(C)C12. The largest absolute Gasteiger partial charge is 0.438 e. The summed E-state index contributed by atoms with van der Waals surface area (Å²) in [6, 6.07) is 3.70. The summed E-state index contributed by atoms with van der Waals surface area (Å²) in [4.78, 5) is 34.5. The smallest absolute Gasteiger partial charge is 0.207 e. The summed E-state index contributed by atoms with van der Waals surface area (Å²) < 4.78 is 5.81. The third kappa shape index (κ3) is 3.65. The zero-order chi connectivity index (χ0) is 24.4. The molecule has 2 aromatic heterocycles. The van der Waals surface area contributed by atoms with Crippen molar-refractivity contribution in [2.75, 3.05) is 0 Å². The van der Waals surface area contributed by atoms with Crippen LogP contribution in [0.1, 0.15) is 78.0 Å².